The largest absolute Gasteiger partial charge is 0.474 e. The van der Waals surface area contributed by atoms with Gasteiger partial charge in [-0.15, -0.1) is 0 Å². The normalized spacial score (nSPS) is 9.57. The summed E-state index contributed by atoms with van der Waals surface area (Å²) in [6.45, 7) is 1.72. The molecule has 0 atom stereocenters. The van der Waals surface area contributed by atoms with Crippen molar-refractivity contribution in [3.63, 3.8) is 0 Å². The zero-order valence-corrected chi connectivity index (χ0v) is 8.83. The Morgan fingerprint density at radius 2 is 2.21 bits per heavy atom. The van der Waals surface area contributed by atoms with E-state index in [1.807, 2.05) is 0 Å². The van der Waals surface area contributed by atoms with E-state index in [1.165, 1.54) is 6.20 Å². The van der Waals surface area contributed by atoms with Crippen LogP contribution in [0.25, 0.3) is 0 Å². The lowest BCUT2D eigenvalue weighted by Crippen LogP contribution is -2.22. The zero-order valence-electron chi connectivity index (χ0n) is 7.24. The fourth-order valence-electron chi connectivity index (χ4n) is 0.832. The molecule has 0 aromatic carbocycles. The van der Waals surface area contributed by atoms with Crippen LogP contribution in [0.2, 0.25) is 0 Å². The topological polar surface area (TPSA) is 79.3 Å². The second-order valence-corrected chi connectivity index (χ2v) is 3.49. The lowest BCUT2D eigenvalue weighted by molar-refractivity contribution is -0.147. The molecule has 2 N–H and O–H groups in total. The Kier molecular flexibility index (Phi) is 3.19. The molecule has 0 aliphatic rings. The first-order valence-corrected chi connectivity index (χ1v) is 4.46. The molecule has 14 heavy (non-hydrogen) atoms. The maximum atomic E-state index is 10.8. The maximum absolute atomic E-state index is 10.8. The quantitative estimate of drug-likeness (QED) is 0.742. The number of hydrogen-bond acceptors (Lipinski definition) is 3. The molecule has 0 unspecified atom stereocenters. The number of nitrogens with zero attached hydrogens (tertiary/aromatic N) is 1. The molecule has 1 amide bonds. The highest BCUT2D eigenvalue weighted by Crippen LogP contribution is 2.16. The van der Waals surface area contributed by atoms with E-state index in [-0.39, 0.29) is 5.82 Å². The standard InChI is InChI=1S/C8H7BrN2O3/c1-4-2-5(9)3-10-6(4)11-7(12)8(13)14/h2-3H,1H3,(H,13,14)(H,10,11,12). The number of anilines is 1. The Balaban J connectivity index is 2.87. The molecule has 1 rings (SSSR count). The lowest BCUT2D eigenvalue weighted by Gasteiger charge is -2.04. The van der Waals surface area contributed by atoms with Crippen molar-refractivity contribution in [1.82, 2.24) is 4.98 Å². The molecule has 0 spiro atoms. The average molecular weight is 259 g/mol. The number of carbonyl (C=O) groups excluding carboxylic acids is 1. The molecule has 0 radical (unpaired) electrons. The zero-order chi connectivity index (χ0) is 10.7. The summed E-state index contributed by atoms with van der Waals surface area (Å²) in [5, 5.41) is 10.5. The van der Waals surface area contributed by atoms with Crippen molar-refractivity contribution in [2.24, 2.45) is 0 Å². The molecule has 1 heterocycles. The number of amides is 1. The minimum atomic E-state index is -1.53. The van der Waals surface area contributed by atoms with Crippen molar-refractivity contribution in [2.75, 3.05) is 5.32 Å². The lowest BCUT2D eigenvalue weighted by atomic mass is 10.3. The first-order chi connectivity index (χ1) is 6.50. The Labute approximate surface area is 88.3 Å². The smallest absolute Gasteiger partial charge is 0.394 e. The van der Waals surface area contributed by atoms with Crippen LogP contribution in [0.5, 0.6) is 0 Å². The highest BCUT2D eigenvalue weighted by Gasteiger charge is 2.12. The Bertz CT molecular complexity index is 392. The van der Waals surface area contributed by atoms with Gasteiger partial charge in [-0.1, -0.05) is 0 Å². The molecule has 1 aromatic rings. The Hall–Kier alpha value is -1.43. The van der Waals surface area contributed by atoms with Gasteiger partial charge in [0.15, 0.2) is 0 Å². The van der Waals surface area contributed by atoms with Gasteiger partial charge in [0.05, 0.1) is 0 Å². The first kappa shape index (κ1) is 10.6. The molecule has 0 bridgehead atoms. The van der Waals surface area contributed by atoms with Crippen molar-refractivity contribution in [3.8, 4) is 0 Å². The van der Waals surface area contributed by atoms with Gasteiger partial charge in [0.2, 0.25) is 0 Å². The van der Waals surface area contributed by atoms with Gasteiger partial charge in [0.25, 0.3) is 0 Å². The van der Waals surface area contributed by atoms with E-state index in [9.17, 15) is 9.59 Å². The fourth-order valence-corrected chi connectivity index (χ4v) is 1.28. The molecular formula is C8H7BrN2O3. The third kappa shape index (κ3) is 2.53. The number of aliphatic carboxylic acids is 1. The first-order valence-electron chi connectivity index (χ1n) is 3.67. The molecule has 0 saturated heterocycles. The van der Waals surface area contributed by atoms with Crippen LogP contribution < -0.4 is 5.32 Å². The van der Waals surface area contributed by atoms with Gasteiger partial charge >= 0.3 is 11.9 Å². The van der Waals surface area contributed by atoms with Crippen molar-refractivity contribution in [1.29, 1.82) is 0 Å². The van der Waals surface area contributed by atoms with Crippen molar-refractivity contribution in [2.45, 2.75) is 6.92 Å². The van der Waals surface area contributed by atoms with Crippen LogP contribution >= 0.6 is 15.9 Å². The van der Waals surface area contributed by atoms with E-state index in [2.05, 4.69) is 26.2 Å². The number of carboxylic acid groups (broad SMARTS) is 1. The van der Waals surface area contributed by atoms with Gasteiger partial charge in [-0.05, 0) is 34.5 Å². The molecule has 5 nitrogen and oxygen atoms in total. The number of aromatic nitrogens is 1. The summed E-state index contributed by atoms with van der Waals surface area (Å²) in [5.74, 6) is -2.38. The number of hydrogen-bond donors (Lipinski definition) is 2. The van der Waals surface area contributed by atoms with E-state index >= 15 is 0 Å². The van der Waals surface area contributed by atoms with E-state index in [4.69, 9.17) is 5.11 Å². The van der Waals surface area contributed by atoms with Gasteiger partial charge in [-0.2, -0.15) is 0 Å². The highest BCUT2D eigenvalue weighted by atomic mass is 79.9. The summed E-state index contributed by atoms with van der Waals surface area (Å²) in [4.78, 5) is 24.9. The van der Waals surface area contributed by atoms with Crippen molar-refractivity contribution < 1.29 is 14.7 Å². The van der Waals surface area contributed by atoms with Crippen LogP contribution in [0.4, 0.5) is 5.82 Å². The third-order valence-electron chi connectivity index (χ3n) is 1.47. The van der Waals surface area contributed by atoms with Crippen LogP contribution in [0.1, 0.15) is 5.56 Å². The van der Waals surface area contributed by atoms with Crippen LogP contribution in [-0.4, -0.2) is 22.0 Å². The summed E-state index contributed by atoms with van der Waals surface area (Å²) < 4.78 is 0.767. The van der Waals surface area contributed by atoms with Crippen molar-refractivity contribution in [3.05, 3.63) is 22.3 Å². The summed E-state index contributed by atoms with van der Waals surface area (Å²) in [6.07, 6.45) is 1.48. The Morgan fingerprint density at radius 1 is 1.57 bits per heavy atom. The molecule has 0 aliphatic heterocycles. The average Bonchev–Trinajstić information content (AvgIpc) is 2.09. The fraction of sp³-hybridized carbons (Fsp3) is 0.125. The Morgan fingerprint density at radius 3 is 2.71 bits per heavy atom. The van der Waals surface area contributed by atoms with E-state index in [1.54, 1.807) is 13.0 Å². The summed E-state index contributed by atoms with van der Waals surface area (Å²) >= 11 is 3.20. The molecule has 74 valence electrons. The monoisotopic (exact) mass is 258 g/mol. The number of rotatable bonds is 1. The number of halogens is 1. The second-order valence-electron chi connectivity index (χ2n) is 2.58. The minimum Gasteiger partial charge on any atom is -0.474 e. The van der Waals surface area contributed by atoms with E-state index < -0.39 is 11.9 Å². The van der Waals surface area contributed by atoms with Gasteiger partial charge < -0.3 is 10.4 Å². The molecule has 0 fully saturated rings. The number of carboxylic acids is 1. The van der Waals surface area contributed by atoms with Gasteiger partial charge in [-0.25, -0.2) is 9.78 Å². The van der Waals surface area contributed by atoms with Crippen LogP contribution in [0, 0.1) is 6.92 Å². The molecule has 6 heteroatoms. The van der Waals surface area contributed by atoms with Crippen molar-refractivity contribution >= 4 is 33.6 Å². The van der Waals surface area contributed by atoms with Gasteiger partial charge in [0, 0.05) is 10.7 Å². The van der Waals surface area contributed by atoms with Crippen LogP contribution in [0.3, 0.4) is 0 Å². The predicted molar refractivity (Wildman–Crippen MR) is 52.9 cm³/mol. The summed E-state index contributed by atoms with van der Waals surface area (Å²) in [7, 11) is 0. The molecular weight excluding hydrogens is 252 g/mol. The predicted octanol–water partition coefficient (Wildman–Crippen LogP) is 1.18. The number of nitrogens with one attached hydrogen (secondary N) is 1. The summed E-state index contributed by atoms with van der Waals surface area (Å²) in [6, 6.07) is 1.73. The van der Waals surface area contributed by atoms with Crippen LogP contribution in [0.15, 0.2) is 16.7 Å². The number of pyridine rings is 1. The maximum Gasteiger partial charge on any atom is 0.394 e. The third-order valence-corrected chi connectivity index (χ3v) is 1.90. The highest BCUT2D eigenvalue weighted by molar-refractivity contribution is 9.10. The minimum absolute atomic E-state index is 0.251. The summed E-state index contributed by atoms with van der Waals surface area (Å²) in [5.41, 5.74) is 0.689. The van der Waals surface area contributed by atoms with E-state index in [0.717, 1.165) is 4.47 Å². The van der Waals surface area contributed by atoms with Gasteiger partial charge in [-0.3, -0.25) is 4.79 Å². The van der Waals surface area contributed by atoms with E-state index in [0.29, 0.717) is 5.56 Å². The SMILES string of the molecule is Cc1cc(Br)cnc1NC(=O)C(=O)O. The molecule has 1 aromatic heterocycles. The molecule has 0 saturated carbocycles. The number of carbonyl (C=O) groups is 2. The molecule has 0 aliphatic carbocycles. The number of aryl methyl sites for hydroxylation is 1. The second kappa shape index (κ2) is 4.19. The van der Waals surface area contributed by atoms with Crippen LogP contribution in [-0.2, 0) is 9.59 Å². The van der Waals surface area contributed by atoms with Gasteiger partial charge in [0.1, 0.15) is 5.82 Å².